The maximum Gasteiger partial charge on any atom is 0.514 e. The van der Waals surface area contributed by atoms with Crippen LogP contribution in [-0.4, -0.2) is 17.2 Å². The number of non-ortho nitro benzene ring substituents is 1. The topological polar surface area (TPSA) is 113 Å². The number of benzene rings is 2. The maximum atomic E-state index is 11.5. The molecule has 0 aliphatic rings. The lowest BCUT2D eigenvalue weighted by molar-refractivity contribution is -0.384. The Labute approximate surface area is 136 Å². The average Bonchev–Trinajstić information content (AvgIpc) is 2.55. The van der Waals surface area contributed by atoms with Gasteiger partial charge in [0.15, 0.2) is 0 Å². The number of nitrogens with zero attached hydrogens (tertiary/aromatic N) is 1. The van der Waals surface area contributed by atoms with E-state index < -0.39 is 11.1 Å². The van der Waals surface area contributed by atoms with E-state index in [9.17, 15) is 14.9 Å². The van der Waals surface area contributed by atoms with E-state index in [1.54, 1.807) is 0 Å². The first kappa shape index (κ1) is 18.5. The molecule has 0 spiro atoms. The van der Waals surface area contributed by atoms with Crippen molar-refractivity contribution in [2.45, 2.75) is 13.5 Å². The van der Waals surface area contributed by atoms with Crippen molar-refractivity contribution in [3.05, 3.63) is 69.8 Å². The summed E-state index contributed by atoms with van der Waals surface area (Å²) in [7, 11) is 0. The third kappa shape index (κ3) is 6.50. The molecule has 0 N–H and O–H groups in total. The molecule has 0 atom stereocenters. The molecule has 0 bridgehead atoms. The summed E-state index contributed by atoms with van der Waals surface area (Å²) >= 11 is 0. The van der Waals surface area contributed by atoms with Gasteiger partial charge in [0.05, 0.1) is 4.92 Å². The number of hydrogen-bond acceptors (Lipinski definition) is 7. The zero-order chi connectivity index (χ0) is 17.9. The molecule has 0 aliphatic carbocycles. The van der Waals surface area contributed by atoms with E-state index in [1.807, 2.05) is 31.2 Å². The number of carbonyl (C=O) groups is 1. The van der Waals surface area contributed by atoms with E-state index in [4.69, 9.17) is 19.1 Å². The van der Waals surface area contributed by atoms with Gasteiger partial charge >= 0.3 is 12.3 Å². The van der Waals surface area contributed by atoms with Crippen LogP contribution in [-0.2, 0) is 20.9 Å². The van der Waals surface area contributed by atoms with Crippen molar-refractivity contribution in [1.82, 2.24) is 0 Å². The average molecular weight is 331 g/mol. The van der Waals surface area contributed by atoms with Crippen LogP contribution in [0.1, 0.15) is 11.1 Å². The number of aryl methyl sites for hydroxylation is 1. The first-order chi connectivity index (χ1) is 11.5. The minimum absolute atomic E-state index is 0.0737. The van der Waals surface area contributed by atoms with E-state index in [-0.39, 0.29) is 24.2 Å². The Kier molecular flexibility index (Phi) is 7.33. The van der Waals surface area contributed by atoms with Gasteiger partial charge in [-0.3, -0.25) is 10.1 Å². The number of hydrogen-bond donors (Lipinski definition) is 0. The highest BCUT2D eigenvalue weighted by atomic mass is 16.7. The van der Waals surface area contributed by atoms with Gasteiger partial charge in [0, 0.05) is 12.1 Å². The van der Waals surface area contributed by atoms with E-state index >= 15 is 0 Å². The molecule has 8 heteroatoms. The van der Waals surface area contributed by atoms with Crippen molar-refractivity contribution >= 4 is 18.0 Å². The highest BCUT2D eigenvalue weighted by Gasteiger charge is 2.09. The SMILES string of the molecule is Cc1ccc(COC(=O)Oc2ccc([N+](=O)[O-])cc2)cc1.O=C=O. The Morgan fingerprint density at radius 3 is 2.12 bits per heavy atom. The van der Waals surface area contributed by atoms with Crippen LogP contribution in [0.4, 0.5) is 10.5 Å². The van der Waals surface area contributed by atoms with Gasteiger partial charge in [-0.05, 0) is 24.6 Å². The van der Waals surface area contributed by atoms with Crippen molar-refractivity contribution in [3.63, 3.8) is 0 Å². The zero-order valence-electron chi connectivity index (χ0n) is 12.6. The van der Waals surface area contributed by atoms with Gasteiger partial charge in [-0.15, -0.1) is 0 Å². The Balaban J connectivity index is 0.000000891. The van der Waals surface area contributed by atoms with Gasteiger partial charge in [-0.2, -0.15) is 9.59 Å². The van der Waals surface area contributed by atoms with Crippen molar-refractivity contribution < 1.29 is 28.8 Å². The van der Waals surface area contributed by atoms with E-state index in [2.05, 4.69) is 0 Å². The lowest BCUT2D eigenvalue weighted by Gasteiger charge is -2.06. The van der Waals surface area contributed by atoms with Crippen LogP contribution in [0, 0.1) is 17.0 Å². The first-order valence-electron chi connectivity index (χ1n) is 6.60. The second kappa shape index (κ2) is 9.50. The van der Waals surface area contributed by atoms with Gasteiger partial charge < -0.3 is 9.47 Å². The monoisotopic (exact) mass is 331 g/mol. The summed E-state index contributed by atoms with van der Waals surface area (Å²) in [6.07, 6.45) is -0.607. The predicted octanol–water partition coefficient (Wildman–Crippen LogP) is 3.04. The summed E-state index contributed by atoms with van der Waals surface area (Å²) in [6.45, 7) is 2.07. The highest BCUT2D eigenvalue weighted by Crippen LogP contribution is 2.17. The molecule has 0 aliphatic heterocycles. The lowest BCUT2D eigenvalue weighted by atomic mass is 10.2. The van der Waals surface area contributed by atoms with Crippen LogP contribution < -0.4 is 4.74 Å². The minimum Gasteiger partial charge on any atom is -0.429 e. The Morgan fingerprint density at radius 1 is 1.08 bits per heavy atom. The standard InChI is InChI=1S/C15H13NO5.CO2/c1-11-2-4-12(5-3-11)10-20-15(17)21-14-8-6-13(7-9-14)16(18)19;2-1-3/h2-9H,10H2,1H3;. The fourth-order valence-electron chi connectivity index (χ4n) is 1.59. The fourth-order valence-corrected chi connectivity index (χ4v) is 1.59. The third-order valence-electron chi connectivity index (χ3n) is 2.73. The molecular weight excluding hydrogens is 318 g/mol. The summed E-state index contributed by atoms with van der Waals surface area (Å²) in [5.41, 5.74) is 1.89. The summed E-state index contributed by atoms with van der Waals surface area (Å²) < 4.78 is 9.87. The molecule has 24 heavy (non-hydrogen) atoms. The van der Waals surface area contributed by atoms with Crippen LogP contribution in [0.5, 0.6) is 5.75 Å². The number of nitro benzene ring substituents is 1. The van der Waals surface area contributed by atoms with Crippen LogP contribution >= 0.6 is 0 Å². The number of carbonyl (C=O) groups excluding carboxylic acids is 3. The molecule has 0 saturated heterocycles. The molecule has 2 aromatic rings. The summed E-state index contributed by atoms with van der Waals surface area (Å²) in [4.78, 5) is 37.7. The lowest BCUT2D eigenvalue weighted by Crippen LogP contribution is -2.10. The molecule has 2 aromatic carbocycles. The second-order valence-electron chi connectivity index (χ2n) is 4.46. The van der Waals surface area contributed by atoms with Gasteiger partial charge in [-0.25, -0.2) is 4.79 Å². The summed E-state index contributed by atoms with van der Waals surface area (Å²) in [5.74, 6) is 0.189. The van der Waals surface area contributed by atoms with E-state index in [1.165, 1.54) is 24.3 Å². The Hall–Kier alpha value is -3.51. The molecule has 0 heterocycles. The maximum absolute atomic E-state index is 11.5. The number of ether oxygens (including phenoxy) is 2. The second-order valence-corrected chi connectivity index (χ2v) is 4.46. The largest absolute Gasteiger partial charge is 0.514 e. The molecule has 0 aromatic heterocycles. The molecule has 0 amide bonds. The zero-order valence-corrected chi connectivity index (χ0v) is 12.6. The molecule has 2 rings (SSSR count). The summed E-state index contributed by atoms with van der Waals surface area (Å²) in [5, 5.41) is 10.5. The van der Waals surface area contributed by atoms with Crippen molar-refractivity contribution in [1.29, 1.82) is 0 Å². The quantitative estimate of drug-likeness (QED) is 0.366. The Bertz CT molecular complexity index is 717. The van der Waals surface area contributed by atoms with Crippen molar-refractivity contribution in [2.75, 3.05) is 0 Å². The molecule has 0 radical (unpaired) electrons. The van der Waals surface area contributed by atoms with E-state index in [0.717, 1.165) is 11.1 Å². The number of rotatable bonds is 4. The van der Waals surface area contributed by atoms with Gasteiger partial charge in [0.2, 0.25) is 0 Å². The smallest absolute Gasteiger partial charge is 0.429 e. The molecular formula is C16H13NO7. The fraction of sp³-hybridized carbons (Fsp3) is 0.125. The van der Waals surface area contributed by atoms with E-state index in [0.29, 0.717) is 0 Å². The third-order valence-corrected chi connectivity index (χ3v) is 2.73. The Morgan fingerprint density at radius 2 is 1.62 bits per heavy atom. The molecule has 0 saturated carbocycles. The highest BCUT2D eigenvalue weighted by molar-refractivity contribution is 5.64. The summed E-state index contributed by atoms with van der Waals surface area (Å²) in [6, 6.07) is 12.7. The van der Waals surface area contributed by atoms with Crippen molar-refractivity contribution in [3.8, 4) is 5.75 Å². The molecule has 124 valence electrons. The molecule has 0 fully saturated rings. The first-order valence-corrected chi connectivity index (χ1v) is 6.60. The van der Waals surface area contributed by atoms with Gasteiger partial charge in [0.25, 0.3) is 5.69 Å². The number of nitro groups is 1. The van der Waals surface area contributed by atoms with Gasteiger partial charge in [-0.1, -0.05) is 29.8 Å². The van der Waals surface area contributed by atoms with Crippen LogP contribution in [0.2, 0.25) is 0 Å². The molecule has 8 nitrogen and oxygen atoms in total. The van der Waals surface area contributed by atoms with Crippen LogP contribution in [0.25, 0.3) is 0 Å². The van der Waals surface area contributed by atoms with Crippen LogP contribution in [0.15, 0.2) is 48.5 Å². The van der Waals surface area contributed by atoms with Crippen molar-refractivity contribution in [2.24, 2.45) is 0 Å². The molecule has 0 unspecified atom stereocenters. The van der Waals surface area contributed by atoms with Gasteiger partial charge in [0.1, 0.15) is 12.4 Å². The normalized spacial score (nSPS) is 9.04. The predicted molar refractivity (Wildman–Crippen MR) is 80.1 cm³/mol. The van der Waals surface area contributed by atoms with Crippen LogP contribution in [0.3, 0.4) is 0 Å². The minimum atomic E-state index is -0.857.